The molecule has 0 spiro atoms. The summed E-state index contributed by atoms with van der Waals surface area (Å²) in [5.41, 5.74) is 0.638. The molecule has 0 radical (unpaired) electrons. The van der Waals surface area contributed by atoms with Crippen molar-refractivity contribution in [3.63, 3.8) is 0 Å². The zero-order valence-corrected chi connectivity index (χ0v) is 17.6. The van der Waals surface area contributed by atoms with Gasteiger partial charge < -0.3 is 13.5 Å². The van der Waals surface area contributed by atoms with Crippen LogP contribution in [0.15, 0.2) is 76.2 Å². The lowest BCUT2D eigenvalue weighted by Crippen LogP contribution is -2.34. The Hall–Kier alpha value is -2.84. The SMILES string of the molecule is CC(Cl)C(=O)N(Cc1cccc(OS(=O)(=O)c2ccc(F)cc2)c1)Cc1ccco1. The van der Waals surface area contributed by atoms with E-state index in [9.17, 15) is 17.6 Å². The molecule has 6 nitrogen and oxygen atoms in total. The van der Waals surface area contributed by atoms with Crippen LogP contribution < -0.4 is 4.18 Å². The van der Waals surface area contributed by atoms with Crippen molar-refractivity contribution in [1.29, 1.82) is 0 Å². The molecule has 158 valence electrons. The van der Waals surface area contributed by atoms with Crippen LogP contribution in [0.5, 0.6) is 5.75 Å². The van der Waals surface area contributed by atoms with Crippen molar-refractivity contribution in [3.8, 4) is 5.75 Å². The molecule has 0 fully saturated rings. The lowest BCUT2D eigenvalue weighted by Gasteiger charge is -2.23. The van der Waals surface area contributed by atoms with Gasteiger partial charge in [0.25, 0.3) is 0 Å². The number of hydrogen-bond donors (Lipinski definition) is 0. The molecule has 0 saturated carbocycles. The average molecular weight is 452 g/mol. The number of benzene rings is 2. The molecule has 2 aromatic carbocycles. The molecule has 30 heavy (non-hydrogen) atoms. The van der Waals surface area contributed by atoms with Gasteiger partial charge in [-0.15, -0.1) is 11.6 Å². The quantitative estimate of drug-likeness (QED) is 0.376. The minimum absolute atomic E-state index is 0.0705. The van der Waals surface area contributed by atoms with Crippen LogP contribution in [0.2, 0.25) is 0 Å². The molecule has 1 unspecified atom stereocenters. The van der Waals surface area contributed by atoms with Crippen molar-refractivity contribution in [2.24, 2.45) is 0 Å². The van der Waals surface area contributed by atoms with Crippen LogP contribution in [0, 0.1) is 5.82 Å². The van der Waals surface area contributed by atoms with E-state index in [1.807, 2.05) is 0 Å². The molecule has 1 heterocycles. The molecule has 0 N–H and O–H groups in total. The molecule has 3 aromatic rings. The molecule has 0 aliphatic heterocycles. The Bertz CT molecular complexity index is 1100. The van der Waals surface area contributed by atoms with Crippen LogP contribution in [0.4, 0.5) is 4.39 Å². The van der Waals surface area contributed by atoms with Gasteiger partial charge >= 0.3 is 10.1 Å². The second-order valence-corrected chi connectivity index (χ2v) is 8.73. The molecule has 0 aliphatic carbocycles. The van der Waals surface area contributed by atoms with Gasteiger partial charge in [0.1, 0.15) is 27.6 Å². The van der Waals surface area contributed by atoms with E-state index in [-0.39, 0.29) is 29.6 Å². The lowest BCUT2D eigenvalue weighted by atomic mass is 10.2. The standard InChI is InChI=1S/C21H19ClFNO5S/c1-15(22)21(25)24(14-19-6-3-11-28-19)13-16-4-2-5-18(12-16)29-30(26,27)20-9-7-17(23)8-10-20/h2-12,15H,13-14H2,1H3. The summed E-state index contributed by atoms with van der Waals surface area (Å²) in [5, 5.41) is -0.738. The summed E-state index contributed by atoms with van der Waals surface area (Å²) in [6.45, 7) is 1.96. The highest BCUT2D eigenvalue weighted by Gasteiger charge is 2.21. The van der Waals surface area contributed by atoms with E-state index in [2.05, 4.69) is 0 Å². The maximum atomic E-state index is 13.0. The Balaban J connectivity index is 1.79. The normalized spacial score (nSPS) is 12.4. The van der Waals surface area contributed by atoms with Crippen molar-refractivity contribution < 1.29 is 26.2 Å². The van der Waals surface area contributed by atoms with Gasteiger partial charge in [-0.3, -0.25) is 4.79 Å². The van der Waals surface area contributed by atoms with E-state index in [0.717, 1.165) is 24.3 Å². The van der Waals surface area contributed by atoms with Crippen molar-refractivity contribution in [2.45, 2.75) is 30.3 Å². The molecule has 0 aliphatic rings. The third kappa shape index (κ3) is 5.61. The number of carbonyl (C=O) groups excluding carboxylic acids is 1. The summed E-state index contributed by atoms with van der Waals surface area (Å²) in [6, 6.07) is 14.1. The number of amides is 1. The molecule has 9 heteroatoms. The van der Waals surface area contributed by atoms with Gasteiger partial charge in [0.15, 0.2) is 0 Å². The van der Waals surface area contributed by atoms with E-state index in [1.54, 1.807) is 31.2 Å². The van der Waals surface area contributed by atoms with Crippen molar-refractivity contribution >= 4 is 27.6 Å². The average Bonchev–Trinajstić information content (AvgIpc) is 3.20. The first-order valence-corrected chi connectivity index (χ1v) is 10.8. The smallest absolute Gasteiger partial charge is 0.339 e. The fourth-order valence-corrected chi connectivity index (χ4v) is 3.81. The van der Waals surface area contributed by atoms with Gasteiger partial charge in [0, 0.05) is 6.54 Å². The van der Waals surface area contributed by atoms with Crippen molar-refractivity contribution in [3.05, 3.63) is 84.1 Å². The second-order valence-electron chi connectivity index (χ2n) is 6.53. The molecule has 1 aromatic heterocycles. The molecule has 1 atom stereocenters. The number of nitrogens with zero attached hydrogens (tertiary/aromatic N) is 1. The van der Waals surface area contributed by atoms with E-state index in [1.165, 1.54) is 23.3 Å². The summed E-state index contributed by atoms with van der Waals surface area (Å²) in [4.78, 5) is 13.8. The van der Waals surface area contributed by atoms with Crippen LogP contribution in [-0.4, -0.2) is 24.6 Å². The number of furan rings is 1. The highest BCUT2D eigenvalue weighted by molar-refractivity contribution is 7.87. The Labute approximate surface area is 179 Å². The summed E-state index contributed by atoms with van der Waals surface area (Å²) in [5.74, 6) is -0.183. The summed E-state index contributed by atoms with van der Waals surface area (Å²) < 4.78 is 48.4. The maximum absolute atomic E-state index is 13.0. The summed E-state index contributed by atoms with van der Waals surface area (Å²) >= 11 is 5.97. The van der Waals surface area contributed by atoms with Crippen LogP contribution >= 0.6 is 11.6 Å². The number of hydrogen-bond acceptors (Lipinski definition) is 5. The van der Waals surface area contributed by atoms with Gasteiger partial charge in [0.2, 0.25) is 5.91 Å². The van der Waals surface area contributed by atoms with Crippen LogP contribution in [0.25, 0.3) is 0 Å². The van der Waals surface area contributed by atoms with Gasteiger partial charge in [-0.2, -0.15) is 8.42 Å². The third-order valence-electron chi connectivity index (χ3n) is 4.16. The molecule has 0 saturated heterocycles. The molecule has 3 rings (SSSR count). The van der Waals surface area contributed by atoms with E-state index in [4.69, 9.17) is 20.2 Å². The molecule has 1 amide bonds. The van der Waals surface area contributed by atoms with Crippen LogP contribution in [0.3, 0.4) is 0 Å². The first kappa shape index (κ1) is 21.9. The predicted molar refractivity (Wildman–Crippen MR) is 109 cm³/mol. The first-order valence-electron chi connectivity index (χ1n) is 8.99. The minimum atomic E-state index is -4.13. The van der Waals surface area contributed by atoms with Gasteiger partial charge in [-0.25, -0.2) is 4.39 Å². The second kappa shape index (κ2) is 9.32. The highest BCUT2D eigenvalue weighted by atomic mass is 35.5. The Morgan fingerprint density at radius 1 is 1.13 bits per heavy atom. The third-order valence-corrected chi connectivity index (χ3v) is 5.61. The van der Waals surface area contributed by atoms with Gasteiger partial charge in [0.05, 0.1) is 12.8 Å². The fourth-order valence-electron chi connectivity index (χ4n) is 2.75. The number of carbonyl (C=O) groups is 1. The Morgan fingerprint density at radius 3 is 2.50 bits per heavy atom. The van der Waals surface area contributed by atoms with E-state index < -0.39 is 21.3 Å². The summed E-state index contributed by atoms with van der Waals surface area (Å²) in [7, 11) is -4.13. The molecular formula is C21H19ClFNO5S. The zero-order chi connectivity index (χ0) is 21.7. The van der Waals surface area contributed by atoms with Crippen LogP contribution in [0.1, 0.15) is 18.2 Å². The van der Waals surface area contributed by atoms with Crippen molar-refractivity contribution in [2.75, 3.05) is 0 Å². The number of alkyl halides is 1. The van der Waals surface area contributed by atoms with Gasteiger partial charge in [-0.1, -0.05) is 12.1 Å². The topological polar surface area (TPSA) is 76.8 Å². The lowest BCUT2D eigenvalue weighted by molar-refractivity contribution is -0.132. The minimum Gasteiger partial charge on any atom is -0.467 e. The van der Waals surface area contributed by atoms with Crippen molar-refractivity contribution in [1.82, 2.24) is 4.90 Å². The van der Waals surface area contributed by atoms with E-state index in [0.29, 0.717) is 11.3 Å². The van der Waals surface area contributed by atoms with E-state index >= 15 is 0 Å². The zero-order valence-electron chi connectivity index (χ0n) is 16.0. The summed E-state index contributed by atoms with van der Waals surface area (Å²) in [6.07, 6.45) is 1.51. The first-order chi connectivity index (χ1) is 14.2. The predicted octanol–water partition coefficient (Wildman–Crippen LogP) is 4.34. The number of rotatable bonds is 8. The highest BCUT2D eigenvalue weighted by Crippen LogP contribution is 2.22. The Kier molecular flexibility index (Phi) is 6.79. The largest absolute Gasteiger partial charge is 0.467 e. The monoisotopic (exact) mass is 451 g/mol. The Morgan fingerprint density at radius 2 is 1.87 bits per heavy atom. The molecular weight excluding hydrogens is 433 g/mol. The fraction of sp³-hybridized carbons (Fsp3) is 0.190. The van der Waals surface area contributed by atoms with Gasteiger partial charge in [-0.05, 0) is 61.0 Å². The molecule has 0 bridgehead atoms. The number of halogens is 2. The maximum Gasteiger partial charge on any atom is 0.339 e. The van der Waals surface area contributed by atoms with Crippen LogP contribution in [-0.2, 0) is 28.0 Å².